The van der Waals surface area contributed by atoms with Crippen molar-refractivity contribution in [3.63, 3.8) is 0 Å². The van der Waals surface area contributed by atoms with Gasteiger partial charge in [-0.15, -0.1) is 0 Å². The molecule has 2 aliphatic heterocycles. The van der Waals surface area contributed by atoms with Crippen LogP contribution >= 0.6 is 0 Å². The summed E-state index contributed by atoms with van der Waals surface area (Å²) in [6.07, 6.45) is 4.14. The second-order valence-electron chi connectivity index (χ2n) is 9.81. The average Bonchev–Trinajstić information content (AvgIpc) is 2.77. The zero-order valence-corrected chi connectivity index (χ0v) is 19.5. The Morgan fingerprint density at radius 3 is 1.46 bits per heavy atom. The Hall–Kier alpha value is -0.120. The molecule has 26 heavy (non-hydrogen) atoms. The highest BCUT2D eigenvalue weighted by molar-refractivity contribution is 4.79. The van der Waals surface area contributed by atoms with Gasteiger partial charge in [0, 0.05) is 37.3 Å². The maximum Gasteiger partial charge on any atom is 0.0115 e. The highest BCUT2D eigenvalue weighted by atomic mass is 15.3. The largest absolute Gasteiger partial charge is 0.301 e. The van der Waals surface area contributed by atoms with Crippen LogP contribution in [0.15, 0.2) is 0 Å². The van der Waals surface area contributed by atoms with Gasteiger partial charge in [-0.05, 0) is 99.2 Å². The summed E-state index contributed by atoms with van der Waals surface area (Å²) >= 11 is 0. The molecule has 0 saturated carbocycles. The highest BCUT2D eigenvalue weighted by Gasteiger charge is 2.24. The van der Waals surface area contributed by atoms with E-state index in [0.29, 0.717) is 12.1 Å². The van der Waals surface area contributed by atoms with Crippen molar-refractivity contribution >= 4 is 0 Å². The van der Waals surface area contributed by atoms with Crippen LogP contribution in [-0.2, 0) is 0 Å². The molecule has 3 heteroatoms. The summed E-state index contributed by atoms with van der Waals surface area (Å²) in [5, 5.41) is 0. The minimum atomic E-state index is 0.692. The number of likely N-dealkylation sites (tertiary alicyclic amines) is 1. The standard InChI is InChI=1S/C12H26N2.C11H23N/c1-10(2)13-7-6-12(5)14(9-8-13)11(3)4;1-9(2)11-5-7-12(8-6-11)10(3)4/h10-12H,6-9H2,1-5H3;9-11H,5-8H2,1-4H3. The van der Waals surface area contributed by atoms with Gasteiger partial charge in [-0.3, -0.25) is 9.80 Å². The van der Waals surface area contributed by atoms with Crippen LogP contribution in [0.3, 0.4) is 0 Å². The number of rotatable bonds is 4. The van der Waals surface area contributed by atoms with Crippen molar-refractivity contribution in [3.05, 3.63) is 0 Å². The monoisotopic (exact) mass is 367 g/mol. The minimum Gasteiger partial charge on any atom is -0.301 e. The van der Waals surface area contributed by atoms with Gasteiger partial charge in [0.25, 0.3) is 0 Å². The Balaban J connectivity index is 0.000000263. The van der Waals surface area contributed by atoms with Crippen LogP contribution in [-0.4, -0.2) is 71.6 Å². The van der Waals surface area contributed by atoms with E-state index in [2.05, 4.69) is 77.0 Å². The van der Waals surface area contributed by atoms with Crippen molar-refractivity contribution in [2.24, 2.45) is 11.8 Å². The molecule has 0 N–H and O–H groups in total. The van der Waals surface area contributed by atoms with Crippen LogP contribution in [0.25, 0.3) is 0 Å². The molecule has 0 aliphatic carbocycles. The van der Waals surface area contributed by atoms with Crippen molar-refractivity contribution in [1.82, 2.24) is 14.7 Å². The van der Waals surface area contributed by atoms with Gasteiger partial charge in [0.1, 0.15) is 0 Å². The van der Waals surface area contributed by atoms with E-state index in [1.807, 2.05) is 0 Å². The predicted molar refractivity (Wildman–Crippen MR) is 117 cm³/mol. The maximum absolute atomic E-state index is 2.63. The van der Waals surface area contributed by atoms with Crippen molar-refractivity contribution < 1.29 is 0 Å². The lowest BCUT2D eigenvalue weighted by Gasteiger charge is -2.36. The van der Waals surface area contributed by atoms with Crippen molar-refractivity contribution in [2.45, 2.75) is 106 Å². The molecule has 2 aliphatic rings. The summed E-state index contributed by atoms with van der Waals surface area (Å²) < 4.78 is 0. The van der Waals surface area contributed by atoms with Gasteiger partial charge >= 0.3 is 0 Å². The molecule has 1 atom stereocenters. The molecule has 0 aromatic carbocycles. The van der Waals surface area contributed by atoms with E-state index >= 15 is 0 Å². The molecule has 156 valence electrons. The molecule has 3 nitrogen and oxygen atoms in total. The van der Waals surface area contributed by atoms with E-state index in [0.717, 1.165) is 23.9 Å². The van der Waals surface area contributed by atoms with Crippen molar-refractivity contribution in [3.8, 4) is 0 Å². The van der Waals surface area contributed by atoms with Crippen LogP contribution < -0.4 is 0 Å². The van der Waals surface area contributed by atoms with Gasteiger partial charge in [0.05, 0.1) is 0 Å². The number of piperidine rings is 1. The summed E-state index contributed by atoms with van der Waals surface area (Å²) in [5.41, 5.74) is 0. The molecule has 0 amide bonds. The molecule has 2 heterocycles. The third kappa shape index (κ3) is 7.86. The number of hydrogen-bond donors (Lipinski definition) is 0. The Kier molecular flexibility index (Phi) is 10.7. The first kappa shape index (κ1) is 23.9. The Morgan fingerprint density at radius 2 is 1.04 bits per heavy atom. The van der Waals surface area contributed by atoms with Gasteiger partial charge in [-0.1, -0.05) is 13.8 Å². The van der Waals surface area contributed by atoms with E-state index in [1.165, 1.54) is 52.0 Å². The van der Waals surface area contributed by atoms with E-state index in [9.17, 15) is 0 Å². The first-order chi connectivity index (χ1) is 12.1. The molecule has 0 bridgehead atoms. The molecule has 2 saturated heterocycles. The smallest absolute Gasteiger partial charge is 0.0115 e. The van der Waals surface area contributed by atoms with Crippen LogP contribution in [0.1, 0.15) is 81.6 Å². The van der Waals surface area contributed by atoms with Crippen molar-refractivity contribution in [1.29, 1.82) is 0 Å². The lowest BCUT2D eigenvalue weighted by atomic mass is 9.86. The summed E-state index contributed by atoms with van der Waals surface area (Å²) in [7, 11) is 0. The average molecular weight is 368 g/mol. The molecule has 2 rings (SSSR count). The van der Waals surface area contributed by atoms with Crippen LogP contribution in [0.4, 0.5) is 0 Å². The summed E-state index contributed by atoms with van der Waals surface area (Å²) in [5.74, 6) is 1.87. The molecule has 0 spiro atoms. The van der Waals surface area contributed by atoms with Gasteiger partial charge in [0.2, 0.25) is 0 Å². The van der Waals surface area contributed by atoms with E-state index in [-0.39, 0.29) is 0 Å². The Morgan fingerprint density at radius 1 is 0.577 bits per heavy atom. The Labute approximate surface area is 165 Å². The maximum atomic E-state index is 2.63. The summed E-state index contributed by atoms with van der Waals surface area (Å²) in [6, 6.07) is 2.89. The molecule has 2 fully saturated rings. The molecule has 0 aromatic rings. The molecule has 0 aromatic heterocycles. The molecule has 0 radical (unpaired) electrons. The fourth-order valence-electron chi connectivity index (χ4n) is 4.48. The van der Waals surface area contributed by atoms with Gasteiger partial charge in [-0.2, -0.15) is 0 Å². The Bertz CT molecular complexity index is 340. The van der Waals surface area contributed by atoms with Gasteiger partial charge in [-0.25, -0.2) is 0 Å². The zero-order chi connectivity index (χ0) is 19.9. The topological polar surface area (TPSA) is 9.72 Å². The van der Waals surface area contributed by atoms with Crippen molar-refractivity contribution in [2.75, 3.05) is 32.7 Å². The number of hydrogen-bond acceptors (Lipinski definition) is 3. The summed E-state index contributed by atoms with van der Waals surface area (Å²) in [4.78, 5) is 7.82. The lowest BCUT2D eigenvalue weighted by molar-refractivity contribution is 0.129. The fraction of sp³-hybridized carbons (Fsp3) is 1.00. The van der Waals surface area contributed by atoms with E-state index in [4.69, 9.17) is 0 Å². The second kappa shape index (κ2) is 11.7. The molecular formula is C23H49N3. The van der Waals surface area contributed by atoms with Crippen LogP contribution in [0.2, 0.25) is 0 Å². The van der Waals surface area contributed by atoms with Crippen LogP contribution in [0.5, 0.6) is 0 Å². The van der Waals surface area contributed by atoms with E-state index < -0.39 is 0 Å². The first-order valence-electron chi connectivity index (χ1n) is 11.4. The fourth-order valence-corrected chi connectivity index (χ4v) is 4.48. The SMILES string of the molecule is CC(C)C1CCN(C(C)C)CC1.CC(C)N1CCC(C)N(C(C)C)CC1. The normalized spacial score (nSPS) is 25.0. The van der Waals surface area contributed by atoms with Gasteiger partial charge in [0.15, 0.2) is 0 Å². The van der Waals surface area contributed by atoms with Gasteiger partial charge < -0.3 is 4.90 Å². The third-order valence-electron chi connectivity index (χ3n) is 6.69. The summed E-state index contributed by atoms with van der Waals surface area (Å²) in [6.45, 7) is 27.3. The first-order valence-corrected chi connectivity index (χ1v) is 11.4. The second-order valence-corrected chi connectivity index (χ2v) is 9.81. The van der Waals surface area contributed by atoms with Crippen LogP contribution in [0, 0.1) is 11.8 Å². The quantitative estimate of drug-likeness (QED) is 0.695. The molecule has 1 unspecified atom stereocenters. The highest BCUT2D eigenvalue weighted by Crippen LogP contribution is 2.25. The minimum absolute atomic E-state index is 0.692. The predicted octanol–water partition coefficient (Wildman–Crippen LogP) is 4.96. The number of nitrogens with zero attached hydrogens (tertiary/aromatic N) is 3. The molecular weight excluding hydrogens is 318 g/mol. The zero-order valence-electron chi connectivity index (χ0n) is 19.5. The lowest BCUT2D eigenvalue weighted by Crippen LogP contribution is -2.40. The third-order valence-corrected chi connectivity index (χ3v) is 6.69. The van der Waals surface area contributed by atoms with E-state index in [1.54, 1.807) is 0 Å².